The Morgan fingerprint density at radius 1 is 0.641 bits per heavy atom. The second kappa shape index (κ2) is 15.9. The third-order valence-electron chi connectivity index (χ3n) is 8.91. The first-order valence-electron chi connectivity index (χ1n) is 16.0. The molecule has 0 radical (unpaired) electrons. The van der Waals surface area contributed by atoms with Crippen molar-refractivity contribution in [3.63, 3.8) is 0 Å². The third-order valence-corrected chi connectivity index (χ3v) is 8.91. The largest absolute Gasteiger partial charge is 0.206 e. The van der Waals surface area contributed by atoms with Crippen molar-refractivity contribution in [3.05, 3.63) is 82.7 Å². The summed E-state index contributed by atoms with van der Waals surface area (Å²) in [7, 11) is 0. The summed E-state index contributed by atoms with van der Waals surface area (Å²) in [6.07, 6.45) is 21.0. The van der Waals surface area contributed by atoms with Crippen LogP contribution in [0.25, 0.3) is 10.8 Å². The zero-order valence-corrected chi connectivity index (χ0v) is 24.5. The molecule has 4 rings (SSSR count). The standard InChI is InChI=1S/C38H49F/c1-3-5-7-8-10-11-30-13-15-31(16-14-30)17-18-32-19-21-33(22-20-32)23-24-34-25-28-37-36(29-34)27-26-35(38(37)39)12-9-6-4-2/h19-22,25-31H,3-18H2,1-2H3. The van der Waals surface area contributed by atoms with Gasteiger partial charge in [-0.3, -0.25) is 0 Å². The average Bonchev–Trinajstić information content (AvgIpc) is 2.97. The third kappa shape index (κ3) is 9.24. The second-order valence-electron chi connectivity index (χ2n) is 12.0. The first-order chi connectivity index (χ1) is 19.2. The van der Waals surface area contributed by atoms with Crippen LogP contribution in [0.2, 0.25) is 0 Å². The van der Waals surface area contributed by atoms with Crippen LogP contribution in [0.1, 0.15) is 126 Å². The molecule has 0 amide bonds. The van der Waals surface area contributed by atoms with E-state index in [4.69, 9.17) is 0 Å². The van der Waals surface area contributed by atoms with Gasteiger partial charge in [-0.2, -0.15) is 0 Å². The van der Waals surface area contributed by atoms with Crippen LogP contribution in [0.15, 0.2) is 54.6 Å². The average molecular weight is 525 g/mol. The fourth-order valence-electron chi connectivity index (χ4n) is 6.29. The highest BCUT2D eigenvalue weighted by molar-refractivity contribution is 5.85. The highest BCUT2D eigenvalue weighted by Gasteiger charge is 2.20. The number of hydrogen-bond acceptors (Lipinski definition) is 0. The molecule has 3 aromatic carbocycles. The molecule has 39 heavy (non-hydrogen) atoms. The molecular formula is C38H49F. The zero-order chi connectivity index (χ0) is 27.3. The van der Waals surface area contributed by atoms with Crippen LogP contribution in [0.5, 0.6) is 0 Å². The molecular weight excluding hydrogens is 475 g/mol. The van der Waals surface area contributed by atoms with Gasteiger partial charge >= 0.3 is 0 Å². The highest BCUT2D eigenvalue weighted by Crippen LogP contribution is 2.34. The molecule has 1 saturated carbocycles. The quantitative estimate of drug-likeness (QED) is 0.154. The van der Waals surface area contributed by atoms with Crippen molar-refractivity contribution in [2.24, 2.45) is 11.8 Å². The van der Waals surface area contributed by atoms with Crippen LogP contribution in [0.3, 0.4) is 0 Å². The minimum absolute atomic E-state index is 0.0652. The number of rotatable bonds is 13. The molecule has 0 unspecified atom stereocenters. The van der Waals surface area contributed by atoms with E-state index in [9.17, 15) is 4.39 Å². The van der Waals surface area contributed by atoms with E-state index >= 15 is 0 Å². The summed E-state index contributed by atoms with van der Waals surface area (Å²) in [6, 6.07) is 18.7. The molecule has 0 spiro atoms. The maximum Gasteiger partial charge on any atom is 0.134 e. The van der Waals surface area contributed by atoms with Crippen molar-refractivity contribution >= 4 is 10.8 Å². The summed E-state index contributed by atoms with van der Waals surface area (Å²) in [5, 5.41) is 1.63. The molecule has 0 aliphatic heterocycles. The fraction of sp³-hybridized carbons (Fsp3) is 0.526. The van der Waals surface area contributed by atoms with Crippen LogP contribution < -0.4 is 0 Å². The van der Waals surface area contributed by atoms with Crippen molar-refractivity contribution in [1.82, 2.24) is 0 Å². The lowest BCUT2D eigenvalue weighted by Crippen LogP contribution is -2.15. The lowest BCUT2D eigenvalue weighted by molar-refractivity contribution is 0.248. The molecule has 208 valence electrons. The molecule has 1 aliphatic rings. The Hall–Kier alpha value is -2.59. The van der Waals surface area contributed by atoms with Gasteiger partial charge in [0, 0.05) is 16.5 Å². The summed E-state index contributed by atoms with van der Waals surface area (Å²) in [5.41, 5.74) is 4.22. The van der Waals surface area contributed by atoms with E-state index in [0.717, 1.165) is 59.6 Å². The van der Waals surface area contributed by atoms with Crippen LogP contribution in [-0.4, -0.2) is 0 Å². The maximum absolute atomic E-state index is 15.0. The number of benzene rings is 3. The summed E-state index contributed by atoms with van der Waals surface area (Å²) < 4.78 is 15.0. The van der Waals surface area contributed by atoms with Gasteiger partial charge in [0.1, 0.15) is 5.82 Å². The van der Waals surface area contributed by atoms with E-state index in [2.05, 4.69) is 50.0 Å². The first kappa shape index (κ1) is 29.4. The topological polar surface area (TPSA) is 0 Å². The second-order valence-corrected chi connectivity index (χ2v) is 12.0. The van der Waals surface area contributed by atoms with Gasteiger partial charge in [0.2, 0.25) is 0 Å². The van der Waals surface area contributed by atoms with Crippen molar-refractivity contribution < 1.29 is 4.39 Å². The maximum atomic E-state index is 15.0. The van der Waals surface area contributed by atoms with Crippen LogP contribution in [0.4, 0.5) is 4.39 Å². The van der Waals surface area contributed by atoms with E-state index in [-0.39, 0.29) is 5.82 Å². The lowest BCUT2D eigenvalue weighted by Gasteiger charge is -2.28. The summed E-state index contributed by atoms with van der Waals surface area (Å²) in [5.74, 6) is 8.43. The van der Waals surface area contributed by atoms with E-state index < -0.39 is 0 Å². The monoisotopic (exact) mass is 524 g/mol. The first-order valence-corrected chi connectivity index (χ1v) is 16.0. The van der Waals surface area contributed by atoms with Crippen molar-refractivity contribution in [1.29, 1.82) is 0 Å². The van der Waals surface area contributed by atoms with Gasteiger partial charge in [0.15, 0.2) is 0 Å². The van der Waals surface area contributed by atoms with Crippen LogP contribution in [-0.2, 0) is 12.8 Å². The van der Waals surface area contributed by atoms with E-state index in [1.165, 1.54) is 82.6 Å². The molecule has 0 atom stereocenters. The van der Waals surface area contributed by atoms with Gasteiger partial charge in [-0.15, -0.1) is 0 Å². The highest BCUT2D eigenvalue weighted by atomic mass is 19.1. The summed E-state index contributed by atoms with van der Waals surface area (Å²) in [4.78, 5) is 0. The Kier molecular flexibility index (Phi) is 12.0. The zero-order valence-electron chi connectivity index (χ0n) is 24.5. The molecule has 0 N–H and O–H groups in total. The molecule has 0 aromatic heterocycles. The van der Waals surface area contributed by atoms with E-state index in [1.807, 2.05) is 30.3 Å². The van der Waals surface area contributed by atoms with Gasteiger partial charge in [0.05, 0.1) is 0 Å². The van der Waals surface area contributed by atoms with Crippen LogP contribution in [0, 0.1) is 29.5 Å². The predicted octanol–water partition coefficient (Wildman–Crippen LogP) is 11.2. The molecule has 0 saturated heterocycles. The number of unbranched alkanes of at least 4 members (excludes halogenated alkanes) is 6. The van der Waals surface area contributed by atoms with E-state index in [1.54, 1.807) is 0 Å². The van der Waals surface area contributed by atoms with Gasteiger partial charge in [0.25, 0.3) is 0 Å². The van der Waals surface area contributed by atoms with E-state index in [0.29, 0.717) is 5.39 Å². The summed E-state index contributed by atoms with van der Waals surface area (Å²) >= 11 is 0. The van der Waals surface area contributed by atoms with Gasteiger partial charge in [-0.25, -0.2) is 4.39 Å². The van der Waals surface area contributed by atoms with Crippen LogP contribution >= 0.6 is 0 Å². The lowest BCUT2D eigenvalue weighted by atomic mass is 9.77. The molecule has 0 nitrogen and oxygen atoms in total. The fourth-order valence-corrected chi connectivity index (χ4v) is 6.29. The smallest absolute Gasteiger partial charge is 0.134 e. The van der Waals surface area contributed by atoms with Gasteiger partial charge in [-0.1, -0.05) is 133 Å². The molecule has 1 aliphatic carbocycles. The summed E-state index contributed by atoms with van der Waals surface area (Å²) in [6.45, 7) is 4.47. The van der Waals surface area contributed by atoms with Gasteiger partial charge < -0.3 is 0 Å². The molecule has 3 aromatic rings. The molecule has 0 bridgehead atoms. The number of halogens is 1. The number of hydrogen-bond donors (Lipinski definition) is 0. The Morgan fingerprint density at radius 3 is 2.03 bits per heavy atom. The van der Waals surface area contributed by atoms with Crippen molar-refractivity contribution in [2.75, 3.05) is 0 Å². The Morgan fingerprint density at radius 2 is 1.28 bits per heavy atom. The van der Waals surface area contributed by atoms with Crippen molar-refractivity contribution in [3.8, 4) is 11.8 Å². The Labute approximate surface area is 237 Å². The number of fused-ring (bicyclic) bond motifs is 1. The van der Waals surface area contributed by atoms with Gasteiger partial charge in [-0.05, 0) is 78.3 Å². The molecule has 0 heterocycles. The minimum Gasteiger partial charge on any atom is -0.206 e. The Bertz CT molecular complexity index is 1200. The Balaban J connectivity index is 1.23. The number of aryl methyl sites for hydroxylation is 2. The van der Waals surface area contributed by atoms with Crippen molar-refractivity contribution in [2.45, 2.75) is 117 Å². The predicted molar refractivity (Wildman–Crippen MR) is 167 cm³/mol. The SMILES string of the molecule is CCCCCCCC1CCC(CCc2ccc(C#Cc3ccc4c(F)c(CCCCC)ccc4c3)cc2)CC1. The normalized spacial score (nSPS) is 17.2. The minimum atomic E-state index is -0.0652. The molecule has 1 fully saturated rings. The molecule has 1 heteroatoms.